The van der Waals surface area contributed by atoms with Crippen molar-refractivity contribution in [2.45, 2.75) is 37.5 Å². The fraction of sp³-hybridized carbons (Fsp3) is 0.423. The van der Waals surface area contributed by atoms with Crippen LogP contribution < -0.4 is 10.6 Å². The summed E-state index contributed by atoms with van der Waals surface area (Å²) < 4.78 is 16.1. The number of hydrogen-bond acceptors (Lipinski definition) is 6. The van der Waals surface area contributed by atoms with Crippen molar-refractivity contribution in [3.05, 3.63) is 59.7 Å². The summed E-state index contributed by atoms with van der Waals surface area (Å²) in [5.41, 5.74) is 4.43. The van der Waals surface area contributed by atoms with Crippen LogP contribution in [0.1, 0.15) is 30.4 Å². The first kappa shape index (κ1) is 24.7. The third-order valence-corrected chi connectivity index (χ3v) is 6.74. The average Bonchev–Trinajstić information content (AvgIpc) is 3.47. The fourth-order valence-corrected chi connectivity index (χ4v) is 4.76. The molecule has 4 atom stereocenters. The summed E-state index contributed by atoms with van der Waals surface area (Å²) in [5, 5.41) is 14.6. The minimum atomic E-state index is -1.06. The second-order valence-electron chi connectivity index (χ2n) is 8.81. The van der Waals surface area contributed by atoms with Crippen LogP contribution in [0.2, 0.25) is 0 Å². The van der Waals surface area contributed by atoms with E-state index in [4.69, 9.17) is 14.2 Å². The number of rotatable bonds is 9. The number of aliphatic carboxylic acids is 1. The zero-order chi connectivity index (χ0) is 24.9. The number of benzene rings is 2. The Morgan fingerprint density at radius 1 is 1.09 bits per heavy atom. The molecule has 0 saturated carbocycles. The molecule has 1 heterocycles. The van der Waals surface area contributed by atoms with Gasteiger partial charge in [-0.05, 0) is 35.6 Å². The molecular formula is C26H30N2O7. The number of fused-ring (bicyclic) bond motifs is 3. The van der Waals surface area contributed by atoms with Gasteiger partial charge in [0.2, 0.25) is 5.91 Å². The first-order valence-corrected chi connectivity index (χ1v) is 11.7. The molecule has 1 aliphatic heterocycles. The second-order valence-corrected chi connectivity index (χ2v) is 8.81. The number of carboxylic acid groups (broad SMARTS) is 1. The van der Waals surface area contributed by atoms with Crippen LogP contribution in [-0.2, 0) is 23.8 Å². The van der Waals surface area contributed by atoms with Gasteiger partial charge in [-0.3, -0.25) is 4.79 Å². The van der Waals surface area contributed by atoms with E-state index in [1.165, 1.54) is 7.11 Å². The number of hydrogen-bond donors (Lipinski definition) is 3. The van der Waals surface area contributed by atoms with Crippen molar-refractivity contribution in [3.63, 3.8) is 0 Å². The molecule has 2 amide bonds. The molecule has 9 nitrogen and oxygen atoms in total. The summed E-state index contributed by atoms with van der Waals surface area (Å²) in [6, 6.07) is 15.0. The van der Waals surface area contributed by atoms with Gasteiger partial charge in [0.15, 0.2) is 6.10 Å². The van der Waals surface area contributed by atoms with E-state index in [0.717, 1.165) is 22.3 Å². The number of alkyl carbamates (subject to hydrolysis) is 1. The predicted octanol–water partition coefficient (Wildman–Crippen LogP) is 2.53. The van der Waals surface area contributed by atoms with Crippen molar-refractivity contribution >= 4 is 18.0 Å². The molecule has 9 heteroatoms. The molecule has 2 aromatic rings. The van der Waals surface area contributed by atoms with E-state index in [1.54, 1.807) is 6.92 Å². The maximum absolute atomic E-state index is 12.9. The van der Waals surface area contributed by atoms with Crippen molar-refractivity contribution in [2.24, 2.45) is 5.92 Å². The highest BCUT2D eigenvalue weighted by Crippen LogP contribution is 2.44. The lowest BCUT2D eigenvalue weighted by Crippen LogP contribution is -2.54. The van der Waals surface area contributed by atoms with Crippen LogP contribution in [0, 0.1) is 5.92 Å². The number of methoxy groups -OCH3 is 1. The fourth-order valence-electron chi connectivity index (χ4n) is 4.76. The highest BCUT2D eigenvalue weighted by atomic mass is 16.5. The highest BCUT2D eigenvalue weighted by molar-refractivity contribution is 5.86. The zero-order valence-electron chi connectivity index (χ0n) is 19.7. The largest absolute Gasteiger partial charge is 0.479 e. The number of carboxylic acids is 1. The quantitative estimate of drug-likeness (QED) is 0.502. The van der Waals surface area contributed by atoms with Gasteiger partial charge in [-0.2, -0.15) is 0 Å². The third kappa shape index (κ3) is 5.31. The van der Waals surface area contributed by atoms with E-state index in [2.05, 4.69) is 22.8 Å². The van der Waals surface area contributed by atoms with Crippen LogP contribution in [0.25, 0.3) is 11.1 Å². The molecule has 0 radical (unpaired) electrons. The van der Waals surface area contributed by atoms with Gasteiger partial charge in [0.25, 0.3) is 0 Å². The van der Waals surface area contributed by atoms with Gasteiger partial charge in [-0.15, -0.1) is 0 Å². The first-order valence-electron chi connectivity index (χ1n) is 11.7. The van der Waals surface area contributed by atoms with Gasteiger partial charge in [-0.1, -0.05) is 48.5 Å². The Bertz CT molecular complexity index is 1040. The standard InChI is InChI=1S/C26H30N2O7/c1-15(33-2)22(24(29)27-13-16-11-12-34-23(16)25(30)31)28-26(32)35-14-21-19-9-5-3-7-17(19)18-8-4-6-10-20(18)21/h3-10,15-16,21-23H,11-14H2,1-2H3,(H,27,29)(H,28,32)(H,30,31)/t15-,16?,22+,23?/m1/s1. The molecule has 3 N–H and O–H groups in total. The molecule has 2 unspecified atom stereocenters. The lowest BCUT2D eigenvalue weighted by atomic mass is 9.98. The monoisotopic (exact) mass is 482 g/mol. The molecule has 0 spiro atoms. The van der Waals surface area contributed by atoms with Gasteiger partial charge in [0.05, 0.1) is 6.10 Å². The predicted molar refractivity (Wildman–Crippen MR) is 127 cm³/mol. The Balaban J connectivity index is 1.37. The van der Waals surface area contributed by atoms with Crippen LogP contribution in [0.4, 0.5) is 4.79 Å². The van der Waals surface area contributed by atoms with Gasteiger partial charge in [-0.25, -0.2) is 9.59 Å². The minimum absolute atomic E-state index is 0.101. The van der Waals surface area contributed by atoms with Crippen molar-refractivity contribution in [3.8, 4) is 11.1 Å². The van der Waals surface area contributed by atoms with Crippen LogP contribution in [0.5, 0.6) is 0 Å². The number of carbonyl (C=O) groups excluding carboxylic acids is 2. The van der Waals surface area contributed by atoms with Gasteiger partial charge >= 0.3 is 12.1 Å². The number of ether oxygens (including phenoxy) is 3. The molecule has 0 aromatic heterocycles. The lowest BCUT2D eigenvalue weighted by molar-refractivity contribution is -0.149. The zero-order valence-corrected chi connectivity index (χ0v) is 19.7. The van der Waals surface area contributed by atoms with E-state index in [1.807, 2.05) is 36.4 Å². The Hall–Kier alpha value is -3.43. The smallest absolute Gasteiger partial charge is 0.407 e. The van der Waals surface area contributed by atoms with E-state index in [0.29, 0.717) is 13.0 Å². The Morgan fingerprint density at radius 2 is 1.71 bits per heavy atom. The summed E-state index contributed by atoms with van der Waals surface area (Å²) in [5.74, 6) is -1.98. The van der Waals surface area contributed by atoms with Crippen LogP contribution >= 0.6 is 0 Å². The molecule has 2 aromatic carbocycles. The van der Waals surface area contributed by atoms with E-state index in [9.17, 15) is 19.5 Å². The molecule has 0 bridgehead atoms. The Labute approximate surface area is 203 Å². The molecule has 2 aliphatic rings. The minimum Gasteiger partial charge on any atom is -0.479 e. The molecule has 1 saturated heterocycles. The third-order valence-electron chi connectivity index (χ3n) is 6.74. The molecule has 4 rings (SSSR count). The molecule has 186 valence electrons. The summed E-state index contributed by atoms with van der Waals surface area (Å²) >= 11 is 0. The topological polar surface area (TPSA) is 123 Å². The molecule has 1 aliphatic carbocycles. The number of nitrogens with one attached hydrogen (secondary N) is 2. The highest BCUT2D eigenvalue weighted by Gasteiger charge is 2.36. The molecule has 35 heavy (non-hydrogen) atoms. The lowest BCUT2D eigenvalue weighted by Gasteiger charge is -2.24. The average molecular weight is 483 g/mol. The van der Waals surface area contributed by atoms with Gasteiger partial charge < -0.3 is 30.0 Å². The van der Waals surface area contributed by atoms with Gasteiger partial charge in [0, 0.05) is 32.1 Å². The van der Waals surface area contributed by atoms with Crippen molar-refractivity contribution < 1.29 is 33.7 Å². The molecular weight excluding hydrogens is 452 g/mol. The van der Waals surface area contributed by atoms with Crippen molar-refractivity contribution in [1.29, 1.82) is 0 Å². The normalized spacial score (nSPS) is 20.4. The molecule has 1 fully saturated rings. The summed E-state index contributed by atoms with van der Waals surface area (Å²) in [6.45, 7) is 2.23. The Morgan fingerprint density at radius 3 is 2.31 bits per heavy atom. The van der Waals surface area contributed by atoms with Crippen LogP contribution in [0.3, 0.4) is 0 Å². The van der Waals surface area contributed by atoms with E-state index < -0.39 is 36.2 Å². The van der Waals surface area contributed by atoms with E-state index in [-0.39, 0.29) is 25.0 Å². The SMILES string of the molecule is CO[C@H](C)[C@H](NC(=O)OCC1c2ccccc2-c2ccccc21)C(=O)NCC1CCOC1C(=O)O. The summed E-state index contributed by atoms with van der Waals surface area (Å²) in [7, 11) is 1.44. The van der Waals surface area contributed by atoms with Crippen molar-refractivity contribution in [1.82, 2.24) is 10.6 Å². The Kier molecular flexibility index (Phi) is 7.67. The maximum atomic E-state index is 12.9. The van der Waals surface area contributed by atoms with Crippen LogP contribution in [-0.4, -0.2) is 68.2 Å². The number of carbonyl (C=O) groups is 3. The van der Waals surface area contributed by atoms with E-state index >= 15 is 0 Å². The number of amides is 2. The first-order chi connectivity index (χ1) is 16.9. The van der Waals surface area contributed by atoms with Gasteiger partial charge in [0.1, 0.15) is 12.6 Å². The second kappa shape index (κ2) is 10.9. The summed E-state index contributed by atoms with van der Waals surface area (Å²) in [6.07, 6.45) is -1.79. The maximum Gasteiger partial charge on any atom is 0.407 e. The van der Waals surface area contributed by atoms with Crippen LogP contribution in [0.15, 0.2) is 48.5 Å². The van der Waals surface area contributed by atoms with Crippen molar-refractivity contribution in [2.75, 3.05) is 26.9 Å². The summed E-state index contributed by atoms with van der Waals surface area (Å²) in [4.78, 5) is 36.8.